The van der Waals surface area contributed by atoms with E-state index in [1.165, 1.54) is 6.42 Å². The highest BCUT2D eigenvalue weighted by Gasteiger charge is 2.24. The Hall–Kier alpha value is -3.94. The van der Waals surface area contributed by atoms with E-state index in [0.717, 1.165) is 58.9 Å². The fourth-order valence-electron chi connectivity index (χ4n) is 5.20. The van der Waals surface area contributed by atoms with Crippen molar-refractivity contribution < 1.29 is 4.79 Å². The molecule has 1 aliphatic carbocycles. The Morgan fingerprint density at radius 1 is 1.21 bits per heavy atom. The van der Waals surface area contributed by atoms with Crippen LogP contribution in [0.3, 0.4) is 0 Å². The molecule has 1 aliphatic rings. The first-order chi connectivity index (χ1) is 16.6. The molecule has 8 heteroatoms. The van der Waals surface area contributed by atoms with Gasteiger partial charge in [0.05, 0.1) is 16.7 Å². The first-order valence-corrected chi connectivity index (χ1v) is 11.8. The van der Waals surface area contributed by atoms with Crippen molar-refractivity contribution in [3.05, 3.63) is 66.6 Å². The molecule has 0 unspecified atom stereocenters. The lowest BCUT2D eigenvalue weighted by atomic mass is 9.85. The monoisotopic (exact) mass is 453 g/mol. The summed E-state index contributed by atoms with van der Waals surface area (Å²) in [4.78, 5) is 13.2. The number of aryl methyl sites for hydroxylation is 1. The number of hydrogen-bond donors (Lipinski definition) is 2. The molecular weight excluding hydrogens is 426 g/mol. The summed E-state index contributed by atoms with van der Waals surface area (Å²) in [6.45, 7) is 0.908. The van der Waals surface area contributed by atoms with Gasteiger partial charge < -0.3 is 5.32 Å². The second kappa shape index (κ2) is 8.44. The van der Waals surface area contributed by atoms with Gasteiger partial charge in [0.15, 0.2) is 0 Å². The van der Waals surface area contributed by atoms with Gasteiger partial charge in [-0.1, -0.05) is 12.5 Å². The van der Waals surface area contributed by atoms with Gasteiger partial charge >= 0.3 is 0 Å². The average Bonchev–Trinajstić information content (AvgIpc) is 3.57. The predicted octanol–water partition coefficient (Wildman–Crippen LogP) is 4.30. The fraction of sp³-hybridized carbons (Fsp3) is 0.308. The van der Waals surface area contributed by atoms with Crippen molar-refractivity contribution >= 4 is 27.7 Å². The number of carbonyl (C=O) groups excluding carboxylic acids is 1. The van der Waals surface area contributed by atoms with Gasteiger partial charge in [0.1, 0.15) is 0 Å². The van der Waals surface area contributed by atoms with Crippen LogP contribution in [0.1, 0.15) is 36.0 Å². The lowest BCUT2D eigenvalue weighted by Crippen LogP contribution is -2.39. The van der Waals surface area contributed by atoms with Crippen molar-refractivity contribution in [2.75, 3.05) is 0 Å². The number of carbonyl (C=O) groups is 1. The first-order valence-electron chi connectivity index (χ1n) is 11.8. The van der Waals surface area contributed by atoms with Crippen LogP contribution in [0.25, 0.3) is 33.1 Å². The summed E-state index contributed by atoms with van der Waals surface area (Å²) >= 11 is 0. The van der Waals surface area contributed by atoms with E-state index in [0.29, 0.717) is 11.5 Å². The van der Waals surface area contributed by atoms with Crippen LogP contribution in [-0.2, 0) is 13.6 Å². The van der Waals surface area contributed by atoms with Crippen molar-refractivity contribution in [1.29, 1.82) is 0 Å². The molecule has 34 heavy (non-hydrogen) atoms. The Morgan fingerprint density at radius 3 is 3.03 bits per heavy atom. The maximum Gasteiger partial charge on any atom is 0.251 e. The van der Waals surface area contributed by atoms with Gasteiger partial charge in [0.2, 0.25) is 0 Å². The highest BCUT2D eigenvalue weighted by molar-refractivity contribution is 6.02. The minimum absolute atomic E-state index is 0.0264. The summed E-state index contributed by atoms with van der Waals surface area (Å²) in [5.74, 6) is 0.505. The Labute approximate surface area is 197 Å². The normalized spacial score (nSPS) is 18.5. The molecule has 2 atom stereocenters. The summed E-state index contributed by atoms with van der Waals surface area (Å²) in [7, 11) is 1.92. The molecule has 172 valence electrons. The number of nitrogens with one attached hydrogen (secondary N) is 2. The molecule has 0 bridgehead atoms. The minimum atomic E-state index is -0.0264. The lowest BCUT2D eigenvalue weighted by molar-refractivity contribution is 0.0917. The van der Waals surface area contributed by atoms with Crippen molar-refractivity contribution in [3.8, 4) is 11.3 Å². The SMILES string of the molecule is Cn1cc2cc(-c3n[nH]c4ccc(C(=O)N[C@@H]5CCC[C@H](Cn6cccn6)C5)cc34)ccc2n1. The number of fused-ring (bicyclic) bond motifs is 2. The highest BCUT2D eigenvalue weighted by atomic mass is 16.1. The van der Waals surface area contributed by atoms with Crippen LogP contribution in [0.15, 0.2) is 61.1 Å². The summed E-state index contributed by atoms with van der Waals surface area (Å²) in [5.41, 5.74) is 4.36. The number of benzene rings is 2. The largest absolute Gasteiger partial charge is 0.349 e. The quantitative estimate of drug-likeness (QED) is 0.415. The van der Waals surface area contributed by atoms with Crippen molar-refractivity contribution in [2.24, 2.45) is 13.0 Å². The van der Waals surface area contributed by atoms with Gasteiger partial charge in [-0.05, 0) is 61.6 Å². The van der Waals surface area contributed by atoms with Crippen LogP contribution >= 0.6 is 0 Å². The molecule has 0 spiro atoms. The molecule has 0 aliphatic heterocycles. The molecule has 0 saturated heterocycles. The Bertz CT molecular complexity index is 1460. The molecule has 2 N–H and O–H groups in total. The number of amides is 1. The third kappa shape index (κ3) is 3.96. The molecule has 1 amide bonds. The van der Waals surface area contributed by atoms with Crippen LogP contribution in [0, 0.1) is 5.92 Å². The minimum Gasteiger partial charge on any atom is -0.349 e. The van der Waals surface area contributed by atoms with E-state index in [1.807, 2.05) is 71.4 Å². The number of hydrogen-bond acceptors (Lipinski definition) is 4. The van der Waals surface area contributed by atoms with Gasteiger partial charge in [-0.15, -0.1) is 0 Å². The van der Waals surface area contributed by atoms with E-state index < -0.39 is 0 Å². The third-order valence-corrected chi connectivity index (χ3v) is 6.84. The standard InChI is InChI=1S/C26H27N7O/c1-32-16-20-13-18(6-8-23(20)31-32)25-22-14-19(7-9-24(22)29-30-25)26(34)28-21-5-2-4-17(12-21)15-33-11-3-10-27-33/h3,6-11,13-14,16-17,21H,2,4-5,12,15H2,1H3,(H,28,34)(H,29,30)/t17-,21+/m0/s1. The van der Waals surface area contributed by atoms with Crippen LogP contribution in [0.5, 0.6) is 0 Å². The van der Waals surface area contributed by atoms with Crippen molar-refractivity contribution in [3.63, 3.8) is 0 Å². The van der Waals surface area contributed by atoms with Crippen LogP contribution in [0.2, 0.25) is 0 Å². The average molecular weight is 454 g/mol. The van der Waals surface area contributed by atoms with E-state index in [2.05, 4.69) is 31.8 Å². The van der Waals surface area contributed by atoms with Gasteiger partial charge in [-0.2, -0.15) is 15.3 Å². The Balaban J connectivity index is 1.22. The molecule has 6 rings (SSSR count). The van der Waals surface area contributed by atoms with Crippen molar-refractivity contribution in [1.82, 2.24) is 35.1 Å². The zero-order valence-electron chi connectivity index (χ0n) is 19.1. The molecule has 2 aromatic carbocycles. The second-order valence-electron chi connectivity index (χ2n) is 9.34. The van der Waals surface area contributed by atoms with E-state index in [-0.39, 0.29) is 11.9 Å². The number of H-pyrrole nitrogens is 1. The van der Waals surface area contributed by atoms with Crippen molar-refractivity contribution in [2.45, 2.75) is 38.3 Å². The first kappa shape index (κ1) is 20.7. The number of aromatic amines is 1. The zero-order chi connectivity index (χ0) is 23.1. The molecule has 3 heterocycles. The second-order valence-corrected chi connectivity index (χ2v) is 9.34. The van der Waals surface area contributed by atoms with Crippen LogP contribution in [0.4, 0.5) is 0 Å². The van der Waals surface area contributed by atoms with Gasteiger partial charge in [0, 0.05) is 60.1 Å². The number of rotatable bonds is 5. The third-order valence-electron chi connectivity index (χ3n) is 6.84. The Morgan fingerprint density at radius 2 is 2.15 bits per heavy atom. The molecule has 1 saturated carbocycles. The number of aromatic nitrogens is 6. The fourth-order valence-corrected chi connectivity index (χ4v) is 5.20. The van der Waals surface area contributed by atoms with Crippen LogP contribution in [-0.4, -0.2) is 41.7 Å². The predicted molar refractivity (Wildman–Crippen MR) is 131 cm³/mol. The molecule has 5 aromatic rings. The van der Waals surface area contributed by atoms with E-state index in [1.54, 1.807) is 0 Å². The van der Waals surface area contributed by atoms with E-state index in [9.17, 15) is 4.79 Å². The highest BCUT2D eigenvalue weighted by Crippen LogP contribution is 2.30. The maximum atomic E-state index is 13.2. The maximum absolute atomic E-state index is 13.2. The van der Waals surface area contributed by atoms with Gasteiger partial charge in [-0.25, -0.2) is 0 Å². The summed E-state index contributed by atoms with van der Waals surface area (Å²) < 4.78 is 3.80. The lowest BCUT2D eigenvalue weighted by Gasteiger charge is -2.29. The van der Waals surface area contributed by atoms with E-state index >= 15 is 0 Å². The Kier molecular flexibility index (Phi) is 5.13. The van der Waals surface area contributed by atoms with Gasteiger partial charge in [-0.3, -0.25) is 19.3 Å². The summed E-state index contributed by atoms with van der Waals surface area (Å²) in [5, 5.41) is 21.7. The molecular formula is C26H27N7O. The zero-order valence-corrected chi connectivity index (χ0v) is 19.1. The summed E-state index contributed by atoms with van der Waals surface area (Å²) in [6.07, 6.45) is 10.1. The van der Waals surface area contributed by atoms with Crippen LogP contribution < -0.4 is 5.32 Å². The topological polar surface area (TPSA) is 93.4 Å². The molecule has 3 aromatic heterocycles. The molecule has 8 nitrogen and oxygen atoms in total. The number of nitrogens with zero attached hydrogens (tertiary/aromatic N) is 5. The smallest absolute Gasteiger partial charge is 0.251 e. The summed E-state index contributed by atoms with van der Waals surface area (Å²) in [6, 6.07) is 14.0. The molecule has 1 fully saturated rings. The molecule has 0 radical (unpaired) electrons. The van der Waals surface area contributed by atoms with Gasteiger partial charge in [0.25, 0.3) is 5.91 Å². The van der Waals surface area contributed by atoms with E-state index in [4.69, 9.17) is 0 Å².